The molecule has 0 aliphatic rings. The van der Waals surface area contributed by atoms with Crippen molar-refractivity contribution < 1.29 is 0 Å². The molecule has 10 aromatic rings. The molecule has 0 aliphatic carbocycles. The van der Waals surface area contributed by atoms with Gasteiger partial charge in [0.1, 0.15) is 0 Å². The minimum absolute atomic E-state index is 1.23. The molecule has 0 unspecified atom stereocenters. The zero-order valence-electron chi connectivity index (χ0n) is 27.5. The van der Waals surface area contributed by atoms with Crippen molar-refractivity contribution in [1.82, 2.24) is 0 Å². The second-order valence-electron chi connectivity index (χ2n) is 13.3. The van der Waals surface area contributed by atoms with Gasteiger partial charge in [0.2, 0.25) is 0 Å². The van der Waals surface area contributed by atoms with Crippen LogP contribution in [0.4, 0.5) is 0 Å². The molecule has 0 heterocycles. The molecule has 0 saturated heterocycles. The summed E-state index contributed by atoms with van der Waals surface area (Å²) < 4.78 is 0. The monoisotopic (exact) mass is 632 g/mol. The van der Waals surface area contributed by atoms with Gasteiger partial charge in [0, 0.05) is 0 Å². The molecule has 0 heteroatoms. The van der Waals surface area contributed by atoms with Crippen molar-refractivity contribution in [2.24, 2.45) is 0 Å². The van der Waals surface area contributed by atoms with E-state index in [1.54, 1.807) is 0 Å². The average Bonchev–Trinajstić information content (AvgIpc) is 3.21. The van der Waals surface area contributed by atoms with E-state index < -0.39 is 0 Å². The highest BCUT2D eigenvalue weighted by Gasteiger charge is 2.17. The lowest BCUT2D eigenvalue weighted by Crippen LogP contribution is -1.90. The van der Waals surface area contributed by atoms with E-state index in [4.69, 9.17) is 0 Å². The van der Waals surface area contributed by atoms with Crippen LogP contribution in [0.3, 0.4) is 0 Å². The summed E-state index contributed by atoms with van der Waals surface area (Å²) in [5.74, 6) is 0. The molecule has 0 radical (unpaired) electrons. The van der Waals surface area contributed by atoms with E-state index in [9.17, 15) is 0 Å². The van der Waals surface area contributed by atoms with Crippen molar-refractivity contribution in [3.8, 4) is 44.5 Å². The van der Waals surface area contributed by atoms with Gasteiger partial charge in [-0.15, -0.1) is 0 Å². The average molecular weight is 633 g/mol. The van der Waals surface area contributed by atoms with Gasteiger partial charge >= 0.3 is 0 Å². The van der Waals surface area contributed by atoms with Gasteiger partial charge in [-0.2, -0.15) is 0 Å². The Balaban J connectivity index is 1.22. The Kier molecular flexibility index (Phi) is 6.60. The molecule has 0 atom stereocenters. The third-order valence-electron chi connectivity index (χ3n) is 10.4. The first-order chi connectivity index (χ1) is 24.8. The van der Waals surface area contributed by atoms with Crippen LogP contribution in [0.5, 0.6) is 0 Å². The minimum atomic E-state index is 1.23. The van der Waals surface area contributed by atoms with Crippen LogP contribution in [0.1, 0.15) is 0 Å². The molecular weight excluding hydrogens is 601 g/mol. The molecule has 232 valence electrons. The fraction of sp³-hybridized carbons (Fsp3) is 0. The zero-order chi connectivity index (χ0) is 33.0. The molecule has 50 heavy (non-hydrogen) atoms. The summed E-state index contributed by atoms with van der Waals surface area (Å²) in [6, 6.07) is 71.2. The standard InChI is InChI=1S/C50H32/c1-3-13-33(14-4-1)35-17-11-19-37(29-35)39-25-27-45-47(31-39)41-21-7-9-23-43(41)50-46-28-26-40(32-48(46)42-22-8-10-24-44(42)49(45)50)38-20-12-18-36(30-38)34-15-5-2-6-16-34/h1-32H. The quantitative estimate of drug-likeness (QED) is 0.169. The smallest absolute Gasteiger partial charge is 0.00139 e. The zero-order valence-corrected chi connectivity index (χ0v) is 27.5. The fourth-order valence-corrected chi connectivity index (χ4v) is 8.05. The van der Waals surface area contributed by atoms with Gasteiger partial charge in [-0.1, -0.05) is 170 Å². The summed E-state index contributed by atoms with van der Waals surface area (Å²) >= 11 is 0. The van der Waals surface area contributed by atoms with Crippen LogP contribution in [0.15, 0.2) is 194 Å². The van der Waals surface area contributed by atoms with E-state index in [1.807, 2.05) is 0 Å². The molecule has 0 spiro atoms. The molecule has 0 N–H and O–H groups in total. The van der Waals surface area contributed by atoms with Gasteiger partial charge in [0.15, 0.2) is 0 Å². The first kappa shape index (κ1) is 28.5. The van der Waals surface area contributed by atoms with Gasteiger partial charge in [0.05, 0.1) is 0 Å². The number of fused-ring (bicyclic) bond motifs is 11. The SMILES string of the molecule is c1ccc(-c2cccc(-c3ccc4c(c3)c3ccccc3c3c5ccc(-c6cccc(-c7ccccc7)c6)cc5c5ccccc5c43)c2)cc1. The second-order valence-corrected chi connectivity index (χ2v) is 13.3. The fourth-order valence-electron chi connectivity index (χ4n) is 8.05. The topological polar surface area (TPSA) is 0 Å². The maximum atomic E-state index is 2.41. The van der Waals surface area contributed by atoms with Gasteiger partial charge in [0.25, 0.3) is 0 Å². The molecule has 0 aromatic heterocycles. The summed E-state index contributed by atoms with van der Waals surface area (Å²) in [7, 11) is 0. The lowest BCUT2D eigenvalue weighted by molar-refractivity contribution is 1.60. The van der Waals surface area contributed by atoms with Crippen molar-refractivity contribution >= 4 is 53.9 Å². The summed E-state index contributed by atoms with van der Waals surface area (Å²) in [5.41, 5.74) is 9.84. The lowest BCUT2D eigenvalue weighted by Gasteiger charge is -2.18. The molecule has 0 saturated carbocycles. The van der Waals surface area contributed by atoms with Crippen molar-refractivity contribution in [3.63, 3.8) is 0 Å². The maximum absolute atomic E-state index is 2.41. The highest BCUT2D eigenvalue weighted by atomic mass is 14.2. The molecule has 0 aliphatic heterocycles. The predicted molar refractivity (Wildman–Crippen MR) is 216 cm³/mol. The van der Waals surface area contributed by atoms with Crippen LogP contribution < -0.4 is 0 Å². The van der Waals surface area contributed by atoms with E-state index in [0.29, 0.717) is 0 Å². The van der Waals surface area contributed by atoms with Gasteiger partial charge in [-0.3, -0.25) is 0 Å². The van der Waals surface area contributed by atoms with E-state index >= 15 is 0 Å². The molecule has 0 bridgehead atoms. The molecule has 10 aromatic carbocycles. The number of hydrogen-bond acceptors (Lipinski definition) is 0. The Hall–Kier alpha value is -6.50. The molecule has 10 rings (SSSR count). The Morgan fingerprint density at radius 1 is 0.160 bits per heavy atom. The second kappa shape index (κ2) is 11.6. The van der Waals surface area contributed by atoms with Crippen LogP contribution in [0.2, 0.25) is 0 Å². The van der Waals surface area contributed by atoms with E-state index in [2.05, 4.69) is 194 Å². The largest absolute Gasteiger partial charge is 0.0622 e. The van der Waals surface area contributed by atoms with Crippen molar-refractivity contribution in [1.29, 1.82) is 0 Å². The highest BCUT2D eigenvalue weighted by Crippen LogP contribution is 2.45. The lowest BCUT2D eigenvalue weighted by atomic mass is 9.85. The summed E-state index contributed by atoms with van der Waals surface area (Å²) in [6.45, 7) is 0. The Morgan fingerprint density at radius 2 is 0.460 bits per heavy atom. The third-order valence-corrected chi connectivity index (χ3v) is 10.4. The van der Waals surface area contributed by atoms with Crippen LogP contribution in [-0.4, -0.2) is 0 Å². The summed E-state index contributed by atoms with van der Waals surface area (Å²) in [6.07, 6.45) is 0. The first-order valence-corrected chi connectivity index (χ1v) is 17.3. The third kappa shape index (κ3) is 4.61. The van der Waals surface area contributed by atoms with Crippen LogP contribution in [0, 0.1) is 0 Å². The van der Waals surface area contributed by atoms with E-state index in [1.165, 1.54) is 98.4 Å². The summed E-state index contributed by atoms with van der Waals surface area (Å²) in [5, 5.41) is 13.0. The molecule has 0 fully saturated rings. The Morgan fingerprint density at radius 3 is 0.880 bits per heavy atom. The molecule has 0 nitrogen and oxygen atoms in total. The normalized spacial score (nSPS) is 11.6. The number of benzene rings is 10. The highest BCUT2D eigenvalue weighted by molar-refractivity contribution is 6.39. The van der Waals surface area contributed by atoms with Crippen molar-refractivity contribution in [2.75, 3.05) is 0 Å². The van der Waals surface area contributed by atoms with E-state index in [0.717, 1.165) is 0 Å². The van der Waals surface area contributed by atoms with Crippen molar-refractivity contribution in [3.05, 3.63) is 194 Å². The van der Waals surface area contributed by atoms with Crippen molar-refractivity contribution in [2.45, 2.75) is 0 Å². The number of rotatable bonds is 4. The van der Waals surface area contributed by atoms with Gasteiger partial charge < -0.3 is 0 Å². The van der Waals surface area contributed by atoms with Crippen LogP contribution in [-0.2, 0) is 0 Å². The Labute approximate surface area is 291 Å². The molecular formula is C50H32. The molecule has 0 amide bonds. The first-order valence-electron chi connectivity index (χ1n) is 17.3. The van der Waals surface area contributed by atoms with Gasteiger partial charge in [-0.05, 0) is 123 Å². The number of hydrogen-bond donors (Lipinski definition) is 0. The van der Waals surface area contributed by atoms with Crippen LogP contribution >= 0.6 is 0 Å². The predicted octanol–water partition coefficient (Wildman–Crippen LogP) is 14.1. The minimum Gasteiger partial charge on any atom is -0.0622 e. The Bertz CT molecular complexity index is 2700. The van der Waals surface area contributed by atoms with E-state index in [-0.39, 0.29) is 0 Å². The summed E-state index contributed by atoms with van der Waals surface area (Å²) in [4.78, 5) is 0. The van der Waals surface area contributed by atoms with Gasteiger partial charge in [-0.25, -0.2) is 0 Å². The van der Waals surface area contributed by atoms with Crippen LogP contribution in [0.25, 0.3) is 98.4 Å². The maximum Gasteiger partial charge on any atom is -0.00139 e.